The molecule has 1 aromatic carbocycles. The van der Waals surface area contributed by atoms with Gasteiger partial charge < -0.3 is 14.6 Å². The van der Waals surface area contributed by atoms with Gasteiger partial charge in [-0.1, -0.05) is 20.3 Å². The molecule has 0 aliphatic heterocycles. The number of benzene rings is 1. The van der Waals surface area contributed by atoms with E-state index in [2.05, 4.69) is 4.98 Å². The Labute approximate surface area is 158 Å². The minimum atomic E-state index is -0.971. The Bertz CT molecular complexity index is 814. The van der Waals surface area contributed by atoms with Gasteiger partial charge in [-0.3, -0.25) is 9.36 Å². The van der Waals surface area contributed by atoms with Crippen molar-refractivity contribution in [2.24, 2.45) is 0 Å². The lowest BCUT2D eigenvalue weighted by Crippen LogP contribution is -2.27. The predicted molar refractivity (Wildman–Crippen MR) is 102 cm³/mol. The first kappa shape index (κ1) is 20.5. The number of carboxylic acid groups (broad SMARTS) is 1. The average molecular weight is 374 g/mol. The van der Waals surface area contributed by atoms with Crippen LogP contribution in [0, 0.1) is 6.92 Å². The second kappa shape index (κ2) is 9.75. The topological polar surface area (TPSA) is 90.7 Å². The molecule has 27 heavy (non-hydrogen) atoms. The number of nitrogens with zero attached hydrogens (tertiary/aromatic N) is 2. The van der Waals surface area contributed by atoms with Crippen LogP contribution in [0.1, 0.15) is 38.2 Å². The third-order valence-corrected chi connectivity index (χ3v) is 4.04. The molecule has 1 heterocycles. The highest BCUT2D eigenvalue weighted by atomic mass is 16.5. The maximum absolute atomic E-state index is 12.1. The van der Waals surface area contributed by atoms with Crippen LogP contribution in [-0.2, 0) is 17.8 Å². The van der Waals surface area contributed by atoms with Gasteiger partial charge in [0.05, 0.1) is 6.54 Å². The van der Waals surface area contributed by atoms with Crippen molar-refractivity contribution < 1.29 is 19.4 Å². The number of hydrogen-bond donors (Lipinski definition) is 1. The summed E-state index contributed by atoms with van der Waals surface area (Å²) >= 11 is 0. The number of ether oxygens (including phenoxy) is 2. The van der Waals surface area contributed by atoms with Crippen LogP contribution in [0.5, 0.6) is 11.5 Å². The summed E-state index contributed by atoms with van der Waals surface area (Å²) in [7, 11) is 0. The molecule has 0 radical (unpaired) electrons. The van der Waals surface area contributed by atoms with Gasteiger partial charge in [0.15, 0.2) is 6.10 Å². The molecule has 0 spiro atoms. The Kier molecular flexibility index (Phi) is 7.40. The third-order valence-electron chi connectivity index (χ3n) is 4.04. The second-order valence-corrected chi connectivity index (χ2v) is 6.21. The first-order chi connectivity index (χ1) is 12.9. The molecule has 0 bridgehead atoms. The van der Waals surface area contributed by atoms with Gasteiger partial charge in [-0.25, -0.2) is 9.78 Å². The van der Waals surface area contributed by atoms with E-state index in [0.29, 0.717) is 43.2 Å². The molecule has 146 valence electrons. The van der Waals surface area contributed by atoms with Crippen molar-refractivity contribution >= 4 is 5.97 Å². The summed E-state index contributed by atoms with van der Waals surface area (Å²) in [4.78, 5) is 27.7. The first-order valence-corrected chi connectivity index (χ1v) is 9.14. The van der Waals surface area contributed by atoms with Crippen molar-refractivity contribution in [2.45, 2.75) is 52.7 Å². The number of carbonyl (C=O) groups is 1. The summed E-state index contributed by atoms with van der Waals surface area (Å²) in [6.07, 6.45) is 0.999. The predicted octanol–water partition coefficient (Wildman–Crippen LogP) is 2.83. The summed E-state index contributed by atoms with van der Waals surface area (Å²) in [5.74, 6) is 0.871. The molecule has 0 aliphatic rings. The highest BCUT2D eigenvalue weighted by Gasteiger charge is 2.18. The Morgan fingerprint density at radius 1 is 1.22 bits per heavy atom. The highest BCUT2D eigenvalue weighted by Crippen LogP contribution is 2.20. The minimum Gasteiger partial charge on any atom is -0.492 e. The summed E-state index contributed by atoms with van der Waals surface area (Å²) in [5, 5.41) is 9.14. The smallest absolute Gasteiger partial charge is 0.344 e. The molecule has 1 atom stereocenters. The average Bonchev–Trinajstić information content (AvgIpc) is 2.63. The quantitative estimate of drug-likeness (QED) is 0.688. The Morgan fingerprint density at radius 3 is 2.48 bits per heavy atom. The zero-order valence-corrected chi connectivity index (χ0v) is 16.0. The van der Waals surface area contributed by atoms with Crippen molar-refractivity contribution in [3.8, 4) is 11.5 Å². The monoisotopic (exact) mass is 374 g/mol. The van der Waals surface area contributed by atoms with E-state index in [-0.39, 0.29) is 5.56 Å². The molecule has 2 aromatic rings. The zero-order valence-electron chi connectivity index (χ0n) is 16.0. The van der Waals surface area contributed by atoms with Crippen molar-refractivity contribution in [3.63, 3.8) is 0 Å². The molecular weight excluding hydrogens is 348 g/mol. The fraction of sp³-hybridized carbons (Fsp3) is 0.450. The second-order valence-electron chi connectivity index (χ2n) is 6.21. The van der Waals surface area contributed by atoms with Gasteiger partial charge in [0.2, 0.25) is 0 Å². The van der Waals surface area contributed by atoms with E-state index in [4.69, 9.17) is 14.6 Å². The van der Waals surface area contributed by atoms with Crippen LogP contribution in [0.3, 0.4) is 0 Å². The molecule has 1 N–H and O–H groups in total. The van der Waals surface area contributed by atoms with E-state index >= 15 is 0 Å². The van der Waals surface area contributed by atoms with Crippen LogP contribution in [0.15, 0.2) is 35.1 Å². The number of aromatic nitrogens is 2. The molecule has 0 amide bonds. The van der Waals surface area contributed by atoms with Crippen molar-refractivity contribution in [1.82, 2.24) is 9.55 Å². The largest absolute Gasteiger partial charge is 0.492 e. The lowest BCUT2D eigenvalue weighted by atomic mass is 10.2. The van der Waals surface area contributed by atoms with Gasteiger partial charge in [-0.15, -0.1) is 0 Å². The van der Waals surface area contributed by atoms with Crippen LogP contribution in [0.2, 0.25) is 0 Å². The highest BCUT2D eigenvalue weighted by molar-refractivity contribution is 5.72. The third kappa shape index (κ3) is 5.84. The minimum absolute atomic E-state index is 0.0812. The van der Waals surface area contributed by atoms with Gasteiger partial charge in [0.25, 0.3) is 5.56 Å². The van der Waals surface area contributed by atoms with Crippen molar-refractivity contribution in [2.75, 3.05) is 6.61 Å². The van der Waals surface area contributed by atoms with E-state index in [1.807, 2.05) is 13.8 Å². The molecule has 0 aliphatic carbocycles. The molecule has 7 heteroatoms. The van der Waals surface area contributed by atoms with Crippen LogP contribution in [0.25, 0.3) is 0 Å². The number of carboxylic acids is 1. The maximum Gasteiger partial charge on any atom is 0.344 e. The molecule has 1 unspecified atom stereocenters. The van der Waals surface area contributed by atoms with Gasteiger partial charge in [-0.05, 0) is 37.6 Å². The molecule has 2 rings (SSSR count). The fourth-order valence-electron chi connectivity index (χ4n) is 2.72. The Morgan fingerprint density at radius 2 is 1.89 bits per heavy atom. The van der Waals surface area contributed by atoms with Gasteiger partial charge in [0, 0.05) is 18.2 Å². The van der Waals surface area contributed by atoms with Crippen LogP contribution < -0.4 is 15.0 Å². The number of rotatable bonds is 10. The van der Waals surface area contributed by atoms with Crippen molar-refractivity contribution in [1.29, 1.82) is 0 Å². The molecule has 1 aromatic heterocycles. The van der Waals surface area contributed by atoms with E-state index in [1.54, 1.807) is 35.8 Å². The van der Waals surface area contributed by atoms with Crippen LogP contribution >= 0.6 is 0 Å². The van der Waals surface area contributed by atoms with E-state index in [1.165, 1.54) is 6.07 Å². The number of aryl methyl sites for hydroxylation is 2. The lowest BCUT2D eigenvalue weighted by Gasteiger charge is -2.15. The summed E-state index contributed by atoms with van der Waals surface area (Å²) < 4.78 is 12.8. The fourth-order valence-corrected chi connectivity index (χ4v) is 2.72. The van der Waals surface area contributed by atoms with E-state index < -0.39 is 12.1 Å². The lowest BCUT2D eigenvalue weighted by molar-refractivity contribution is -0.145. The first-order valence-electron chi connectivity index (χ1n) is 9.14. The molecule has 0 saturated carbocycles. The van der Waals surface area contributed by atoms with Gasteiger partial charge in [0.1, 0.15) is 23.9 Å². The van der Waals surface area contributed by atoms with Gasteiger partial charge in [-0.2, -0.15) is 0 Å². The summed E-state index contributed by atoms with van der Waals surface area (Å²) in [6, 6.07) is 8.31. The van der Waals surface area contributed by atoms with Gasteiger partial charge >= 0.3 is 5.97 Å². The van der Waals surface area contributed by atoms with Crippen molar-refractivity contribution in [3.05, 3.63) is 52.2 Å². The maximum atomic E-state index is 12.1. The Balaban J connectivity index is 1.94. The standard InChI is InChI=1S/C20H26N2O5/c1-4-6-17(20(24)25)27-16-9-7-15(8-10-16)26-12-11-22-18(5-2)21-14(3)13-19(22)23/h7-10,13,17H,4-6,11-12H2,1-3H3,(H,24,25). The zero-order chi connectivity index (χ0) is 19.8. The molecule has 0 fully saturated rings. The Hall–Kier alpha value is -2.83. The number of aliphatic carboxylic acids is 1. The molecule has 0 saturated heterocycles. The summed E-state index contributed by atoms with van der Waals surface area (Å²) in [5.41, 5.74) is 0.634. The number of hydrogen-bond acceptors (Lipinski definition) is 5. The molecular formula is C20H26N2O5. The van der Waals surface area contributed by atoms with Crippen LogP contribution in [0.4, 0.5) is 0 Å². The van der Waals surface area contributed by atoms with E-state index in [9.17, 15) is 9.59 Å². The van der Waals surface area contributed by atoms with E-state index in [0.717, 1.165) is 12.2 Å². The SMILES string of the molecule is CCCC(Oc1ccc(OCCn2c(CC)nc(C)cc2=O)cc1)C(=O)O. The van der Waals surface area contributed by atoms with Crippen LogP contribution in [-0.4, -0.2) is 33.3 Å². The normalized spacial score (nSPS) is 11.8. The molecule has 7 nitrogen and oxygen atoms in total. The summed E-state index contributed by atoms with van der Waals surface area (Å²) in [6.45, 7) is 6.41.